The topological polar surface area (TPSA) is 106 Å². The van der Waals surface area contributed by atoms with Crippen molar-refractivity contribution in [3.05, 3.63) is 61.1 Å². The molecule has 180 valence electrons. The summed E-state index contributed by atoms with van der Waals surface area (Å²) in [5.41, 5.74) is 2.49. The van der Waals surface area contributed by atoms with Crippen LogP contribution >= 0.6 is 0 Å². The van der Waals surface area contributed by atoms with Crippen LogP contribution < -0.4 is 14.5 Å². The zero-order valence-electron chi connectivity index (χ0n) is 19.7. The average molecular weight is 474 g/mol. The lowest BCUT2D eigenvalue weighted by Crippen LogP contribution is -2.55. The maximum Gasteiger partial charge on any atom is 0.334 e. The minimum Gasteiger partial charge on any atom is -0.496 e. The van der Waals surface area contributed by atoms with E-state index < -0.39 is 0 Å². The Kier molecular flexibility index (Phi) is 6.69. The normalized spacial score (nSPS) is 15.0. The van der Waals surface area contributed by atoms with Crippen molar-refractivity contribution in [2.24, 2.45) is 0 Å². The van der Waals surface area contributed by atoms with Crippen molar-refractivity contribution in [1.29, 1.82) is 0 Å². The van der Waals surface area contributed by atoms with Gasteiger partial charge < -0.3 is 19.6 Å². The molecule has 4 aromatic rings. The van der Waals surface area contributed by atoms with Gasteiger partial charge in [0.1, 0.15) is 12.3 Å². The number of hydrogen-bond acceptors (Lipinski definition) is 8. The standard InChI is InChI=1S/C26H29N6O3/c1-34-22-16-20(10-11-21(22)23-17-27-18-35-23)28-25-29-24(19-8-4-2-5-9-19)30-26(31-25)32(14-15-33)12-6-3-7-13-32/h2,4-5,8-11,16-18,33H,3,6-7,12-15H2,1H3,(H,28,29,30,31)/q+1. The van der Waals surface area contributed by atoms with Gasteiger partial charge in [-0.3, -0.25) is 4.48 Å². The molecule has 9 nitrogen and oxygen atoms in total. The summed E-state index contributed by atoms with van der Waals surface area (Å²) in [6, 6.07) is 15.6. The molecule has 1 aliphatic heterocycles. The number of methoxy groups -OCH3 is 1. The van der Waals surface area contributed by atoms with Crippen LogP contribution in [0.2, 0.25) is 0 Å². The first-order valence-corrected chi connectivity index (χ1v) is 11.8. The molecule has 3 heterocycles. The van der Waals surface area contributed by atoms with Crippen LogP contribution in [0.3, 0.4) is 0 Å². The number of aromatic nitrogens is 4. The zero-order chi connectivity index (χ0) is 24.1. The Bertz CT molecular complexity index is 1250. The van der Waals surface area contributed by atoms with E-state index >= 15 is 0 Å². The molecule has 0 unspecified atom stereocenters. The minimum absolute atomic E-state index is 0.0788. The predicted octanol–water partition coefficient (Wildman–Crippen LogP) is 4.43. The molecule has 2 N–H and O–H groups in total. The highest BCUT2D eigenvalue weighted by Crippen LogP contribution is 2.34. The van der Waals surface area contributed by atoms with Crippen LogP contribution in [0, 0.1) is 0 Å². The first-order valence-electron chi connectivity index (χ1n) is 11.8. The number of aliphatic hydroxyl groups excluding tert-OH is 1. The third-order valence-corrected chi connectivity index (χ3v) is 6.44. The van der Waals surface area contributed by atoms with E-state index in [-0.39, 0.29) is 6.61 Å². The molecule has 5 rings (SSSR count). The molecule has 9 heteroatoms. The summed E-state index contributed by atoms with van der Waals surface area (Å²) in [5.74, 6) is 3.00. The smallest absolute Gasteiger partial charge is 0.334 e. The number of aliphatic hydroxyl groups is 1. The molecule has 0 bridgehead atoms. The molecule has 2 aromatic carbocycles. The van der Waals surface area contributed by atoms with Crippen molar-refractivity contribution in [3.63, 3.8) is 0 Å². The molecule has 1 fully saturated rings. The Labute approximate surface area is 204 Å². The first-order chi connectivity index (χ1) is 17.2. The molecule has 0 radical (unpaired) electrons. The number of anilines is 2. The van der Waals surface area contributed by atoms with Crippen LogP contribution in [0.1, 0.15) is 19.3 Å². The summed E-state index contributed by atoms with van der Waals surface area (Å²) >= 11 is 0. The maximum absolute atomic E-state index is 9.87. The van der Waals surface area contributed by atoms with Gasteiger partial charge in [-0.2, -0.15) is 9.97 Å². The Morgan fingerprint density at radius 2 is 1.86 bits per heavy atom. The van der Waals surface area contributed by atoms with Crippen LogP contribution in [0.15, 0.2) is 65.5 Å². The zero-order valence-corrected chi connectivity index (χ0v) is 19.7. The van der Waals surface area contributed by atoms with E-state index in [0.29, 0.717) is 40.3 Å². The number of ether oxygens (including phenoxy) is 1. The molecule has 35 heavy (non-hydrogen) atoms. The molecule has 0 spiro atoms. The Hall–Kier alpha value is -3.82. The summed E-state index contributed by atoms with van der Waals surface area (Å²) in [7, 11) is 1.62. The number of oxazole rings is 1. The molecule has 1 saturated heterocycles. The second kappa shape index (κ2) is 10.2. The summed E-state index contributed by atoms with van der Waals surface area (Å²) in [6.07, 6.45) is 6.39. The number of likely N-dealkylation sites (tertiary alicyclic amines) is 1. The minimum atomic E-state index is 0.0788. The van der Waals surface area contributed by atoms with E-state index in [9.17, 15) is 5.11 Å². The van der Waals surface area contributed by atoms with Crippen LogP contribution in [0.25, 0.3) is 22.7 Å². The van der Waals surface area contributed by atoms with Crippen LogP contribution in [0.5, 0.6) is 5.75 Å². The van der Waals surface area contributed by atoms with Crippen molar-refractivity contribution >= 4 is 17.6 Å². The fourth-order valence-corrected chi connectivity index (χ4v) is 4.63. The number of piperidine rings is 1. The van der Waals surface area contributed by atoms with Crippen molar-refractivity contribution < 1.29 is 14.3 Å². The van der Waals surface area contributed by atoms with Gasteiger partial charge in [0.15, 0.2) is 18.0 Å². The molecule has 0 amide bonds. The number of quaternary nitrogens is 1. The second-order valence-electron chi connectivity index (χ2n) is 8.65. The van der Waals surface area contributed by atoms with E-state index in [1.54, 1.807) is 13.3 Å². The fourth-order valence-electron chi connectivity index (χ4n) is 4.63. The SMILES string of the molecule is COc1cc(Nc2nc(-c3ccccc3)nc([N+]3(CCO)CCCCC3)n2)ccc1-c1cnco1. The summed E-state index contributed by atoms with van der Waals surface area (Å²) < 4.78 is 11.6. The van der Waals surface area contributed by atoms with Gasteiger partial charge in [-0.25, -0.2) is 4.98 Å². The maximum atomic E-state index is 9.87. The largest absolute Gasteiger partial charge is 0.496 e. The van der Waals surface area contributed by atoms with Gasteiger partial charge in [-0.05, 0) is 31.4 Å². The molecule has 0 atom stereocenters. The van der Waals surface area contributed by atoms with Gasteiger partial charge >= 0.3 is 5.95 Å². The number of hydrogen-bond donors (Lipinski definition) is 2. The third-order valence-electron chi connectivity index (χ3n) is 6.44. The quantitative estimate of drug-likeness (QED) is 0.362. The average Bonchev–Trinajstić information content (AvgIpc) is 3.44. The second-order valence-corrected chi connectivity index (χ2v) is 8.65. The highest BCUT2D eigenvalue weighted by Gasteiger charge is 2.36. The molecule has 2 aromatic heterocycles. The van der Waals surface area contributed by atoms with Gasteiger partial charge in [-0.15, -0.1) is 4.98 Å². The number of nitrogens with one attached hydrogen (secondary N) is 1. The Balaban J connectivity index is 1.55. The fraction of sp³-hybridized carbons (Fsp3) is 0.308. The van der Waals surface area contributed by atoms with Crippen molar-refractivity contribution in [2.45, 2.75) is 19.3 Å². The Morgan fingerprint density at radius 3 is 2.57 bits per heavy atom. The first kappa shape index (κ1) is 22.9. The lowest BCUT2D eigenvalue weighted by Gasteiger charge is -2.38. The molecule has 1 aliphatic rings. The summed E-state index contributed by atoms with van der Waals surface area (Å²) in [5, 5.41) is 13.2. The number of nitrogens with zero attached hydrogens (tertiary/aromatic N) is 5. The van der Waals surface area contributed by atoms with E-state index in [2.05, 4.69) is 10.3 Å². The van der Waals surface area contributed by atoms with Gasteiger partial charge in [-0.1, -0.05) is 30.3 Å². The van der Waals surface area contributed by atoms with E-state index in [0.717, 1.165) is 42.7 Å². The number of rotatable bonds is 8. The highest BCUT2D eigenvalue weighted by atomic mass is 16.5. The van der Waals surface area contributed by atoms with Crippen molar-refractivity contribution in [1.82, 2.24) is 24.4 Å². The summed E-state index contributed by atoms with van der Waals surface area (Å²) in [4.78, 5) is 18.5. The van der Waals surface area contributed by atoms with Gasteiger partial charge in [0.05, 0.1) is 38.6 Å². The summed E-state index contributed by atoms with van der Waals surface area (Å²) in [6.45, 7) is 2.46. The van der Waals surface area contributed by atoms with Gasteiger partial charge in [0.2, 0.25) is 5.95 Å². The van der Waals surface area contributed by atoms with Crippen LogP contribution in [-0.2, 0) is 0 Å². The predicted molar refractivity (Wildman–Crippen MR) is 134 cm³/mol. The lowest BCUT2D eigenvalue weighted by molar-refractivity contribution is 0.167. The molecular formula is C26H29N6O3+. The van der Waals surface area contributed by atoms with Crippen LogP contribution in [-0.4, -0.2) is 58.4 Å². The van der Waals surface area contributed by atoms with Crippen LogP contribution in [0.4, 0.5) is 17.6 Å². The third kappa shape index (κ3) is 4.87. The Morgan fingerprint density at radius 1 is 1.03 bits per heavy atom. The van der Waals surface area contributed by atoms with Crippen molar-refractivity contribution in [3.8, 4) is 28.5 Å². The van der Waals surface area contributed by atoms with Gasteiger partial charge in [0.25, 0.3) is 0 Å². The highest BCUT2D eigenvalue weighted by molar-refractivity contribution is 5.71. The van der Waals surface area contributed by atoms with Crippen molar-refractivity contribution in [2.75, 3.05) is 38.7 Å². The number of benzene rings is 2. The molecular weight excluding hydrogens is 444 g/mol. The monoisotopic (exact) mass is 473 g/mol. The lowest BCUT2D eigenvalue weighted by atomic mass is 10.1. The molecule has 0 aliphatic carbocycles. The van der Waals surface area contributed by atoms with Gasteiger partial charge in [0, 0.05) is 17.3 Å². The van der Waals surface area contributed by atoms with E-state index in [1.165, 1.54) is 12.8 Å². The molecule has 0 saturated carbocycles. The van der Waals surface area contributed by atoms with E-state index in [4.69, 9.17) is 24.1 Å². The van der Waals surface area contributed by atoms with E-state index in [1.807, 2.05) is 48.5 Å².